The molecule has 5 heteroatoms. The van der Waals surface area contributed by atoms with E-state index in [-0.39, 0.29) is 0 Å². The summed E-state index contributed by atoms with van der Waals surface area (Å²) in [6.45, 7) is 0.384. The molecule has 0 radical (unpaired) electrons. The first kappa shape index (κ1) is 7.52. The van der Waals surface area contributed by atoms with Crippen LogP contribution in [0.2, 0.25) is 5.15 Å². The number of imidazole rings is 1. The summed E-state index contributed by atoms with van der Waals surface area (Å²) in [5.74, 6) is 0. The number of hydrogen-bond donors (Lipinski definition) is 2. The number of H-pyrrole nitrogens is 1. The molecule has 2 rings (SSSR count). The highest BCUT2D eigenvalue weighted by molar-refractivity contribution is 6.33. The van der Waals surface area contributed by atoms with Crippen LogP contribution in [-0.4, -0.2) is 15.0 Å². The van der Waals surface area contributed by atoms with Crippen LogP contribution in [0.3, 0.4) is 0 Å². The van der Waals surface area contributed by atoms with Crippen LogP contribution in [-0.2, 0) is 6.54 Å². The molecule has 3 N–H and O–H groups in total. The lowest BCUT2D eigenvalue weighted by Gasteiger charge is -1.96. The van der Waals surface area contributed by atoms with Crippen LogP contribution in [0.1, 0.15) is 5.69 Å². The molecule has 0 aliphatic rings. The molecule has 0 saturated heterocycles. The number of fused-ring (bicyclic) bond motifs is 1. The van der Waals surface area contributed by atoms with Crippen molar-refractivity contribution in [2.45, 2.75) is 6.54 Å². The fourth-order valence-electron chi connectivity index (χ4n) is 1.06. The highest BCUT2D eigenvalue weighted by Crippen LogP contribution is 2.18. The van der Waals surface area contributed by atoms with Crippen LogP contribution in [0.4, 0.5) is 0 Å². The van der Waals surface area contributed by atoms with Crippen LogP contribution in [0.25, 0.3) is 11.0 Å². The number of aromatic amines is 1. The molecule has 4 nitrogen and oxygen atoms in total. The predicted octanol–water partition coefficient (Wildman–Crippen LogP) is 1.07. The molecular formula is C7H7ClN4. The van der Waals surface area contributed by atoms with Gasteiger partial charge in [-0.15, -0.1) is 0 Å². The minimum absolute atomic E-state index is 0.384. The zero-order valence-electron chi connectivity index (χ0n) is 6.21. The van der Waals surface area contributed by atoms with Gasteiger partial charge in [-0.1, -0.05) is 11.6 Å². The van der Waals surface area contributed by atoms with Crippen molar-refractivity contribution in [3.05, 3.63) is 23.2 Å². The van der Waals surface area contributed by atoms with Gasteiger partial charge in [0.15, 0.2) is 5.15 Å². The van der Waals surface area contributed by atoms with Gasteiger partial charge in [0.1, 0.15) is 5.52 Å². The van der Waals surface area contributed by atoms with Crippen LogP contribution < -0.4 is 5.73 Å². The SMILES string of the molecule is NCc1cc2[nH]cnc2c(Cl)n1. The quantitative estimate of drug-likeness (QED) is 0.649. The molecular weight excluding hydrogens is 176 g/mol. The number of pyridine rings is 1. The van der Waals surface area contributed by atoms with E-state index < -0.39 is 0 Å². The van der Waals surface area contributed by atoms with Crippen molar-refractivity contribution in [2.24, 2.45) is 5.73 Å². The Morgan fingerprint density at radius 2 is 2.42 bits per heavy atom. The molecule has 62 valence electrons. The Bertz CT molecular complexity index is 409. The lowest BCUT2D eigenvalue weighted by molar-refractivity contribution is 0.996. The van der Waals surface area contributed by atoms with Gasteiger partial charge < -0.3 is 10.7 Å². The lowest BCUT2D eigenvalue weighted by Crippen LogP contribution is -1.99. The van der Waals surface area contributed by atoms with Crippen molar-refractivity contribution in [1.82, 2.24) is 15.0 Å². The first-order valence-corrected chi connectivity index (χ1v) is 3.87. The molecule has 2 aromatic heterocycles. The van der Waals surface area contributed by atoms with Crippen molar-refractivity contribution in [2.75, 3.05) is 0 Å². The molecule has 0 bridgehead atoms. The van der Waals surface area contributed by atoms with E-state index >= 15 is 0 Å². The number of nitrogens with one attached hydrogen (secondary N) is 1. The van der Waals surface area contributed by atoms with E-state index in [0.29, 0.717) is 17.2 Å². The Balaban J connectivity index is 2.75. The molecule has 0 unspecified atom stereocenters. The van der Waals surface area contributed by atoms with Gasteiger partial charge in [-0.3, -0.25) is 0 Å². The molecule has 0 saturated carbocycles. The van der Waals surface area contributed by atoms with Gasteiger partial charge in [-0.2, -0.15) is 0 Å². The summed E-state index contributed by atoms with van der Waals surface area (Å²) in [5, 5.41) is 0.397. The number of halogens is 1. The van der Waals surface area contributed by atoms with E-state index in [1.165, 1.54) is 0 Å². The Hall–Kier alpha value is -1.13. The lowest BCUT2D eigenvalue weighted by atomic mass is 10.3. The largest absolute Gasteiger partial charge is 0.344 e. The maximum Gasteiger partial charge on any atom is 0.157 e. The van der Waals surface area contributed by atoms with Gasteiger partial charge in [0, 0.05) is 6.54 Å². The van der Waals surface area contributed by atoms with E-state index in [0.717, 1.165) is 11.2 Å². The van der Waals surface area contributed by atoms with Crippen LogP contribution in [0.5, 0.6) is 0 Å². The number of aromatic nitrogens is 3. The average Bonchev–Trinajstić information content (AvgIpc) is 2.52. The number of hydrogen-bond acceptors (Lipinski definition) is 3. The first-order valence-electron chi connectivity index (χ1n) is 3.50. The molecule has 0 aliphatic heterocycles. The minimum atomic E-state index is 0.384. The van der Waals surface area contributed by atoms with Crippen LogP contribution in [0, 0.1) is 0 Å². The van der Waals surface area contributed by atoms with E-state index in [1.807, 2.05) is 6.07 Å². The molecule has 0 amide bonds. The molecule has 0 atom stereocenters. The molecule has 0 fully saturated rings. The molecule has 2 heterocycles. The summed E-state index contributed by atoms with van der Waals surface area (Å²) in [5.41, 5.74) is 7.74. The van der Waals surface area contributed by atoms with Crippen LogP contribution >= 0.6 is 11.6 Å². The standard InChI is InChI=1S/C7H7ClN4/c8-7-6-5(10-3-11-6)1-4(2-9)12-7/h1,3H,2,9H2,(H,10,11). The normalized spacial score (nSPS) is 10.8. The van der Waals surface area contributed by atoms with Gasteiger partial charge >= 0.3 is 0 Å². The second-order valence-electron chi connectivity index (χ2n) is 2.41. The van der Waals surface area contributed by atoms with Gasteiger partial charge in [0.05, 0.1) is 17.5 Å². The summed E-state index contributed by atoms with van der Waals surface area (Å²) in [4.78, 5) is 11.0. The summed E-state index contributed by atoms with van der Waals surface area (Å²) in [7, 11) is 0. The number of rotatable bonds is 1. The van der Waals surface area contributed by atoms with Crippen molar-refractivity contribution in [3.8, 4) is 0 Å². The Morgan fingerprint density at radius 3 is 3.17 bits per heavy atom. The monoisotopic (exact) mass is 182 g/mol. The fraction of sp³-hybridized carbons (Fsp3) is 0.143. The minimum Gasteiger partial charge on any atom is -0.344 e. The summed E-state index contributed by atoms with van der Waals surface area (Å²) < 4.78 is 0. The first-order chi connectivity index (χ1) is 5.81. The Kier molecular flexibility index (Phi) is 1.71. The summed E-state index contributed by atoms with van der Waals surface area (Å²) >= 11 is 5.83. The van der Waals surface area contributed by atoms with Gasteiger partial charge in [0.25, 0.3) is 0 Å². The van der Waals surface area contributed by atoms with Crippen molar-refractivity contribution in [3.63, 3.8) is 0 Å². The van der Waals surface area contributed by atoms with Gasteiger partial charge in [0.2, 0.25) is 0 Å². The van der Waals surface area contributed by atoms with E-state index in [9.17, 15) is 0 Å². The van der Waals surface area contributed by atoms with Gasteiger partial charge in [-0.05, 0) is 6.07 Å². The Morgan fingerprint density at radius 1 is 1.58 bits per heavy atom. The van der Waals surface area contributed by atoms with E-state index in [4.69, 9.17) is 17.3 Å². The van der Waals surface area contributed by atoms with E-state index in [1.54, 1.807) is 6.33 Å². The topological polar surface area (TPSA) is 67.6 Å². The maximum absolute atomic E-state index is 5.83. The smallest absolute Gasteiger partial charge is 0.157 e. The third-order valence-corrected chi connectivity index (χ3v) is 1.89. The zero-order chi connectivity index (χ0) is 8.55. The third kappa shape index (κ3) is 1.05. The van der Waals surface area contributed by atoms with Crippen LogP contribution in [0.15, 0.2) is 12.4 Å². The second kappa shape index (κ2) is 2.73. The van der Waals surface area contributed by atoms with Crippen molar-refractivity contribution >= 4 is 22.6 Å². The highest BCUT2D eigenvalue weighted by atomic mass is 35.5. The summed E-state index contributed by atoms with van der Waals surface area (Å²) in [6, 6.07) is 1.84. The number of nitrogens with zero attached hydrogens (tertiary/aromatic N) is 2. The molecule has 2 aromatic rings. The highest BCUT2D eigenvalue weighted by Gasteiger charge is 2.04. The molecule has 12 heavy (non-hydrogen) atoms. The number of nitrogens with two attached hydrogens (primary N) is 1. The van der Waals surface area contributed by atoms with Crippen molar-refractivity contribution < 1.29 is 0 Å². The third-order valence-electron chi connectivity index (χ3n) is 1.63. The molecule has 0 aliphatic carbocycles. The fourth-order valence-corrected chi connectivity index (χ4v) is 1.32. The second-order valence-corrected chi connectivity index (χ2v) is 2.77. The molecule has 0 aromatic carbocycles. The summed E-state index contributed by atoms with van der Waals surface area (Å²) in [6.07, 6.45) is 1.58. The zero-order valence-corrected chi connectivity index (χ0v) is 6.97. The molecule has 0 spiro atoms. The van der Waals surface area contributed by atoms with Gasteiger partial charge in [-0.25, -0.2) is 9.97 Å². The van der Waals surface area contributed by atoms with E-state index in [2.05, 4.69) is 15.0 Å². The van der Waals surface area contributed by atoms with Crippen molar-refractivity contribution in [1.29, 1.82) is 0 Å². The Labute approximate surface area is 73.8 Å². The maximum atomic E-state index is 5.83. The average molecular weight is 183 g/mol. The predicted molar refractivity (Wildman–Crippen MR) is 46.8 cm³/mol.